The molecule has 1 N–H and O–H groups in total. The van der Waals surface area contributed by atoms with Crippen molar-refractivity contribution in [2.45, 2.75) is 29.2 Å². The van der Waals surface area contributed by atoms with Crippen LogP contribution >= 0.6 is 23.1 Å². The van der Waals surface area contributed by atoms with E-state index in [0.717, 1.165) is 39.7 Å². The van der Waals surface area contributed by atoms with E-state index in [-0.39, 0.29) is 11.8 Å². The number of hydrogen-bond donors (Lipinski definition) is 1. The zero-order valence-electron chi connectivity index (χ0n) is 18.0. The summed E-state index contributed by atoms with van der Waals surface area (Å²) in [5.41, 5.74) is 0.853. The minimum Gasteiger partial charge on any atom is -0.338 e. The van der Waals surface area contributed by atoms with Gasteiger partial charge in [0, 0.05) is 16.3 Å². The Morgan fingerprint density at radius 2 is 1.97 bits per heavy atom. The summed E-state index contributed by atoms with van der Waals surface area (Å²) < 4.78 is 5.46. The van der Waals surface area contributed by atoms with Crippen LogP contribution in [0.3, 0.4) is 0 Å². The fourth-order valence-corrected chi connectivity index (χ4v) is 5.51. The van der Waals surface area contributed by atoms with Crippen molar-refractivity contribution in [1.29, 1.82) is 0 Å². The molecule has 0 spiro atoms. The Hall–Kier alpha value is -2.94. The maximum absolute atomic E-state index is 13.1. The molecule has 0 aliphatic carbocycles. The number of amides is 1. The summed E-state index contributed by atoms with van der Waals surface area (Å²) >= 11 is 3.24. The van der Waals surface area contributed by atoms with Crippen molar-refractivity contribution in [3.63, 3.8) is 0 Å². The quantitative estimate of drug-likeness (QED) is 0.363. The highest BCUT2D eigenvalue weighted by Gasteiger charge is 2.27. The second-order valence-electron chi connectivity index (χ2n) is 7.96. The van der Waals surface area contributed by atoms with Crippen molar-refractivity contribution < 1.29 is 9.32 Å². The van der Waals surface area contributed by atoms with E-state index in [1.54, 1.807) is 23.1 Å². The Morgan fingerprint density at radius 3 is 2.82 bits per heavy atom. The first kappa shape index (κ1) is 21.9. The van der Waals surface area contributed by atoms with Gasteiger partial charge in [-0.1, -0.05) is 53.3 Å². The van der Waals surface area contributed by atoms with E-state index in [9.17, 15) is 4.79 Å². The second kappa shape index (κ2) is 10.3. The SMILES string of the molecule is O=C(Nc1ccccc1Sc1ccccc1)C1CCCN(Cc2nc(-c3cccs3)no2)C1. The van der Waals surface area contributed by atoms with Crippen LogP contribution in [0.15, 0.2) is 86.4 Å². The van der Waals surface area contributed by atoms with E-state index in [1.807, 2.05) is 60.0 Å². The zero-order valence-corrected chi connectivity index (χ0v) is 19.6. The zero-order chi connectivity index (χ0) is 22.5. The van der Waals surface area contributed by atoms with E-state index in [1.165, 1.54) is 0 Å². The number of benzene rings is 2. The van der Waals surface area contributed by atoms with Gasteiger partial charge in [0.1, 0.15) is 0 Å². The van der Waals surface area contributed by atoms with E-state index in [4.69, 9.17) is 4.52 Å². The van der Waals surface area contributed by atoms with Crippen molar-refractivity contribution >= 4 is 34.7 Å². The van der Waals surface area contributed by atoms with Crippen molar-refractivity contribution in [3.8, 4) is 10.7 Å². The van der Waals surface area contributed by atoms with Crippen molar-refractivity contribution in [2.75, 3.05) is 18.4 Å². The molecule has 1 amide bonds. The summed E-state index contributed by atoms with van der Waals surface area (Å²) in [7, 11) is 0. The molecule has 1 aliphatic heterocycles. The van der Waals surface area contributed by atoms with Crippen LogP contribution in [-0.2, 0) is 11.3 Å². The van der Waals surface area contributed by atoms with Gasteiger partial charge in [-0.25, -0.2) is 0 Å². The molecule has 6 nitrogen and oxygen atoms in total. The summed E-state index contributed by atoms with van der Waals surface area (Å²) in [6, 6.07) is 22.1. The van der Waals surface area contributed by atoms with E-state index in [0.29, 0.717) is 24.8 Å². The van der Waals surface area contributed by atoms with Gasteiger partial charge in [-0.3, -0.25) is 9.69 Å². The topological polar surface area (TPSA) is 71.3 Å². The van der Waals surface area contributed by atoms with Crippen LogP contribution in [0.2, 0.25) is 0 Å². The minimum absolute atomic E-state index is 0.0608. The van der Waals surface area contributed by atoms with Gasteiger partial charge >= 0.3 is 0 Å². The van der Waals surface area contributed by atoms with Crippen LogP contribution in [-0.4, -0.2) is 34.0 Å². The Kier molecular flexibility index (Phi) is 6.85. The van der Waals surface area contributed by atoms with Gasteiger partial charge in [0.25, 0.3) is 0 Å². The minimum atomic E-state index is -0.0757. The summed E-state index contributed by atoms with van der Waals surface area (Å²) in [5.74, 6) is 1.20. The smallest absolute Gasteiger partial charge is 0.241 e. The van der Waals surface area contributed by atoms with Gasteiger partial charge in [-0.15, -0.1) is 11.3 Å². The number of nitrogens with one attached hydrogen (secondary N) is 1. The van der Waals surface area contributed by atoms with Crippen LogP contribution in [0.25, 0.3) is 10.7 Å². The Morgan fingerprint density at radius 1 is 1.12 bits per heavy atom. The monoisotopic (exact) mass is 476 g/mol. The third-order valence-corrected chi connectivity index (χ3v) is 7.51. The molecule has 1 unspecified atom stereocenters. The number of aromatic nitrogens is 2. The van der Waals surface area contributed by atoms with Gasteiger partial charge in [0.05, 0.1) is 23.0 Å². The molecule has 3 heterocycles. The van der Waals surface area contributed by atoms with Crippen molar-refractivity contribution in [1.82, 2.24) is 15.0 Å². The lowest BCUT2D eigenvalue weighted by Crippen LogP contribution is -2.40. The number of para-hydroxylation sites is 1. The molecule has 4 aromatic rings. The number of carbonyl (C=O) groups is 1. The average molecular weight is 477 g/mol. The highest BCUT2D eigenvalue weighted by molar-refractivity contribution is 7.99. The third kappa shape index (κ3) is 5.52. The molecular weight excluding hydrogens is 452 g/mol. The molecule has 8 heteroatoms. The molecular formula is C25H24N4O2S2. The molecule has 33 heavy (non-hydrogen) atoms. The lowest BCUT2D eigenvalue weighted by molar-refractivity contribution is -0.121. The molecule has 5 rings (SSSR count). The number of nitrogens with zero attached hydrogens (tertiary/aromatic N) is 3. The van der Waals surface area contributed by atoms with Gasteiger partial charge in [-0.05, 0) is 55.1 Å². The van der Waals surface area contributed by atoms with Crippen molar-refractivity contribution in [2.24, 2.45) is 5.92 Å². The number of carbonyl (C=O) groups excluding carboxylic acids is 1. The second-order valence-corrected chi connectivity index (χ2v) is 10.0. The predicted octanol–water partition coefficient (Wildman–Crippen LogP) is 5.80. The number of rotatable bonds is 7. The largest absolute Gasteiger partial charge is 0.338 e. The highest BCUT2D eigenvalue weighted by Crippen LogP contribution is 2.33. The molecule has 0 bridgehead atoms. The number of likely N-dealkylation sites (tertiary alicyclic amines) is 1. The van der Waals surface area contributed by atoms with Crippen LogP contribution < -0.4 is 5.32 Å². The van der Waals surface area contributed by atoms with Gasteiger partial charge < -0.3 is 9.84 Å². The molecule has 1 saturated heterocycles. The summed E-state index contributed by atoms with van der Waals surface area (Å²) in [6.07, 6.45) is 1.84. The fourth-order valence-electron chi connectivity index (χ4n) is 3.94. The third-order valence-electron chi connectivity index (χ3n) is 5.56. The molecule has 2 aromatic heterocycles. The summed E-state index contributed by atoms with van der Waals surface area (Å²) in [4.78, 5) is 23.1. The molecule has 1 aliphatic rings. The maximum atomic E-state index is 13.1. The Labute approximate surface area is 201 Å². The molecule has 0 radical (unpaired) electrons. The van der Waals surface area contributed by atoms with Crippen LogP contribution in [0.1, 0.15) is 18.7 Å². The number of thiophene rings is 1. The normalized spacial score (nSPS) is 16.5. The lowest BCUT2D eigenvalue weighted by Gasteiger charge is -2.31. The first-order valence-electron chi connectivity index (χ1n) is 11.0. The molecule has 2 aromatic carbocycles. The fraction of sp³-hybridized carbons (Fsp3) is 0.240. The molecule has 168 valence electrons. The Balaban J connectivity index is 1.21. The maximum Gasteiger partial charge on any atom is 0.241 e. The van der Waals surface area contributed by atoms with Gasteiger partial charge in [-0.2, -0.15) is 4.98 Å². The first-order valence-corrected chi connectivity index (χ1v) is 12.7. The van der Waals surface area contributed by atoms with E-state index < -0.39 is 0 Å². The summed E-state index contributed by atoms with van der Waals surface area (Å²) in [6.45, 7) is 2.15. The first-order chi connectivity index (χ1) is 16.2. The van der Waals surface area contributed by atoms with E-state index >= 15 is 0 Å². The number of hydrogen-bond acceptors (Lipinski definition) is 7. The average Bonchev–Trinajstić information content (AvgIpc) is 3.54. The van der Waals surface area contributed by atoms with Gasteiger partial charge in [0.15, 0.2) is 0 Å². The molecule has 1 atom stereocenters. The van der Waals surface area contributed by atoms with Crippen LogP contribution in [0.4, 0.5) is 5.69 Å². The number of anilines is 1. The number of piperidine rings is 1. The van der Waals surface area contributed by atoms with Gasteiger partial charge in [0.2, 0.25) is 17.6 Å². The van der Waals surface area contributed by atoms with Crippen LogP contribution in [0, 0.1) is 5.92 Å². The lowest BCUT2D eigenvalue weighted by atomic mass is 9.97. The summed E-state index contributed by atoms with van der Waals surface area (Å²) in [5, 5.41) is 9.26. The highest BCUT2D eigenvalue weighted by atomic mass is 32.2. The van der Waals surface area contributed by atoms with E-state index in [2.05, 4.69) is 32.5 Å². The molecule has 1 fully saturated rings. The van der Waals surface area contributed by atoms with Crippen molar-refractivity contribution in [3.05, 3.63) is 78.0 Å². The predicted molar refractivity (Wildman–Crippen MR) is 131 cm³/mol. The van der Waals surface area contributed by atoms with Crippen LogP contribution in [0.5, 0.6) is 0 Å². The molecule has 0 saturated carbocycles. The standard InChI is InChI=1S/C25H24N4O2S2/c30-25(26-20-11-4-5-12-21(20)33-19-9-2-1-3-10-19)18-8-6-14-29(16-18)17-23-27-24(28-31-23)22-13-7-15-32-22/h1-5,7,9-13,15,18H,6,8,14,16-17H2,(H,26,30). The Bertz CT molecular complexity index is 1190.